The fourth-order valence-electron chi connectivity index (χ4n) is 1.58. The Morgan fingerprint density at radius 2 is 1.60 bits per heavy atom. The van der Waals surface area contributed by atoms with Gasteiger partial charge in [-0.05, 0) is 42.8 Å². The summed E-state index contributed by atoms with van der Waals surface area (Å²) in [7, 11) is 0. The zero-order valence-electron chi connectivity index (χ0n) is 10.5. The summed E-state index contributed by atoms with van der Waals surface area (Å²) in [5.41, 5.74) is 1.84. The van der Waals surface area contributed by atoms with E-state index in [4.69, 9.17) is 34.8 Å². The van der Waals surface area contributed by atoms with Crippen molar-refractivity contribution >= 4 is 52.2 Å². The molecule has 20 heavy (non-hydrogen) atoms. The summed E-state index contributed by atoms with van der Waals surface area (Å²) in [6.45, 7) is 1.83. The van der Waals surface area contributed by atoms with Crippen LogP contribution in [-0.4, -0.2) is 6.03 Å². The number of halogens is 3. The third-order valence-electron chi connectivity index (χ3n) is 2.62. The second kappa shape index (κ2) is 6.35. The van der Waals surface area contributed by atoms with Gasteiger partial charge in [0.25, 0.3) is 0 Å². The molecule has 2 aromatic rings. The smallest absolute Gasteiger partial charge is 0.308 e. The largest absolute Gasteiger partial charge is 0.323 e. The van der Waals surface area contributed by atoms with E-state index < -0.39 is 6.03 Å². The van der Waals surface area contributed by atoms with Crippen molar-refractivity contribution in [3.05, 3.63) is 57.0 Å². The van der Waals surface area contributed by atoms with E-state index in [0.717, 1.165) is 5.56 Å². The number of amides is 2. The van der Waals surface area contributed by atoms with Crippen molar-refractivity contribution in [3.63, 3.8) is 0 Å². The second-order valence-corrected chi connectivity index (χ2v) is 5.36. The number of carbonyl (C=O) groups is 1. The van der Waals surface area contributed by atoms with Gasteiger partial charge in [-0.2, -0.15) is 0 Å². The van der Waals surface area contributed by atoms with Crippen LogP contribution in [0.15, 0.2) is 36.4 Å². The van der Waals surface area contributed by atoms with Gasteiger partial charge in [0, 0.05) is 10.7 Å². The van der Waals surface area contributed by atoms with Gasteiger partial charge < -0.3 is 10.6 Å². The summed E-state index contributed by atoms with van der Waals surface area (Å²) in [5.74, 6) is 0. The number of aryl methyl sites for hydroxylation is 1. The molecule has 2 rings (SSSR count). The number of hydrogen-bond donors (Lipinski definition) is 2. The Kier molecular flexibility index (Phi) is 4.76. The molecule has 2 aromatic carbocycles. The van der Waals surface area contributed by atoms with Crippen LogP contribution in [-0.2, 0) is 0 Å². The zero-order chi connectivity index (χ0) is 14.7. The Balaban J connectivity index is 2.12. The molecule has 0 unspecified atom stereocenters. The number of nitrogens with one attached hydrogen (secondary N) is 2. The Hall–Kier alpha value is -1.42. The quantitative estimate of drug-likeness (QED) is 0.740. The molecule has 0 fully saturated rings. The minimum Gasteiger partial charge on any atom is -0.308 e. The maximum atomic E-state index is 11.9. The summed E-state index contributed by atoms with van der Waals surface area (Å²) >= 11 is 17.9. The molecular weight excluding hydrogens is 319 g/mol. The van der Waals surface area contributed by atoms with E-state index in [1.165, 1.54) is 0 Å². The lowest BCUT2D eigenvalue weighted by atomic mass is 10.2. The Morgan fingerprint density at radius 1 is 0.950 bits per heavy atom. The third kappa shape index (κ3) is 3.57. The highest BCUT2D eigenvalue weighted by Crippen LogP contribution is 2.32. The fraction of sp³-hybridized carbons (Fsp3) is 0.0714. The molecule has 2 N–H and O–H groups in total. The van der Waals surface area contributed by atoms with Gasteiger partial charge >= 0.3 is 6.03 Å². The van der Waals surface area contributed by atoms with Crippen LogP contribution < -0.4 is 10.6 Å². The lowest BCUT2D eigenvalue weighted by Crippen LogP contribution is -2.20. The molecular formula is C14H11Cl3N2O. The first-order chi connectivity index (χ1) is 9.47. The lowest BCUT2D eigenvalue weighted by molar-refractivity contribution is 0.262. The van der Waals surface area contributed by atoms with Crippen LogP contribution in [0.2, 0.25) is 15.1 Å². The molecule has 0 heterocycles. The van der Waals surface area contributed by atoms with Gasteiger partial charge in [-0.25, -0.2) is 4.79 Å². The van der Waals surface area contributed by atoms with Crippen molar-refractivity contribution in [1.82, 2.24) is 0 Å². The van der Waals surface area contributed by atoms with Gasteiger partial charge in [0.1, 0.15) is 0 Å². The van der Waals surface area contributed by atoms with Gasteiger partial charge in [-0.1, -0.05) is 40.9 Å². The highest BCUT2D eigenvalue weighted by atomic mass is 35.5. The van der Waals surface area contributed by atoms with Gasteiger partial charge in [-0.3, -0.25) is 0 Å². The Morgan fingerprint density at radius 3 is 2.25 bits per heavy atom. The van der Waals surface area contributed by atoms with Crippen LogP contribution >= 0.6 is 34.8 Å². The first-order valence-electron chi connectivity index (χ1n) is 5.75. The van der Waals surface area contributed by atoms with E-state index in [2.05, 4.69) is 10.6 Å². The van der Waals surface area contributed by atoms with Gasteiger partial charge in [0.15, 0.2) is 0 Å². The number of urea groups is 1. The van der Waals surface area contributed by atoms with Gasteiger partial charge in [-0.15, -0.1) is 0 Å². The second-order valence-electron chi connectivity index (χ2n) is 4.14. The molecule has 0 aliphatic heterocycles. The van der Waals surface area contributed by atoms with Crippen molar-refractivity contribution in [2.75, 3.05) is 10.6 Å². The monoisotopic (exact) mass is 328 g/mol. The van der Waals surface area contributed by atoms with Crippen molar-refractivity contribution in [2.45, 2.75) is 6.92 Å². The zero-order valence-corrected chi connectivity index (χ0v) is 12.8. The highest BCUT2D eigenvalue weighted by Gasteiger charge is 2.11. The fourth-order valence-corrected chi connectivity index (χ4v) is 2.17. The molecule has 0 bridgehead atoms. The molecule has 6 heteroatoms. The van der Waals surface area contributed by atoms with Crippen LogP contribution in [0, 0.1) is 6.92 Å². The van der Waals surface area contributed by atoms with Crippen molar-refractivity contribution in [2.24, 2.45) is 0 Å². The molecule has 0 aliphatic carbocycles. The number of hydrogen-bond acceptors (Lipinski definition) is 1. The normalized spacial score (nSPS) is 10.2. The molecule has 0 aromatic heterocycles. The van der Waals surface area contributed by atoms with Gasteiger partial charge in [0.05, 0.1) is 15.7 Å². The van der Waals surface area contributed by atoms with E-state index in [1.807, 2.05) is 6.92 Å². The first-order valence-corrected chi connectivity index (χ1v) is 6.89. The predicted molar refractivity (Wildman–Crippen MR) is 85.3 cm³/mol. The summed E-state index contributed by atoms with van der Waals surface area (Å²) in [6, 6.07) is 9.80. The summed E-state index contributed by atoms with van der Waals surface area (Å²) < 4.78 is 0. The van der Waals surface area contributed by atoms with Gasteiger partial charge in [0.2, 0.25) is 0 Å². The van der Waals surface area contributed by atoms with E-state index in [0.29, 0.717) is 26.4 Å². The summed E-state index contributed by atoms with van der Waals surface area (Å²) in [4.78, 5) is 11.9. The number of anilines is 2. The molecule has 0 saturated carbocycles. The van der Waals surface area contributed by atoms with Crippen LogP contribution in [0.4, 0.5) is 16.2 Å². The molecule has 104 valence electrons. The Labute approximate surface area is 131 Å². The number of carbonyl (C=O) groups excluding carboxylic acids is 1. The Bertz CT molecular complexity index is 642. The minimum absolute atomic E-state index is 0.381. The lowest BCUT2D eigenvalue weighted by Gasteiger charge is -2.12. The van der Waals surface area contributed by atoms with Crippen molar-refractivity contribution in [3.8, 4) is 0 Å². The third-order valence-corrected chi connectivity index (χ3v) is 3.68. The molecule has 0 aliphatic rings. The minimum atomic E-state index is -0.429. The molecule has 0 saturated heterocycles. The topological polar surface area (TPSA) is 41.1 Å². The average molecular weight is 330 g/mol. The van der Waals surface area contributed by atoms with Crippen molar-refractivity contribution in [1.29, 1.82) is 0 Å². The van der Waals surface area contributed by atoms with E-state index in [-0.39, 0.29) is 0 Å². The molecule has 0 spiro atoms. The molecule has 3 nitrogen and oxygen atoms in total. The number of benzene rings is 2. The number of rotatable bonds is 2. The maximum absolute atomic E-state index is 11.9. The molecule has 0 atom stereocenters. The predicted octanol–water partition coefficient (Wildman–Crippen LogP) is 5.60. The van der Waals surface area contributed by atoms with Crippen LogP contribution in [0.1, 0.15) is 5.56 Å². The van der Waals surface area contributed by atoms with Crippen molar-refractivity contribution < 1.29 is 4.79 Å². The summed E-state index contributed by atoms with van der Waals surface area (Å²) in [6.07, 6.45) is 0. The maximum Gasteiger partial charge on any atom is 0.323 e. The molecule has 0 radical (unpaired) electrons. The highest BCUT2D eigenvalue weighted by molar-refractivity contribution is 6.40. The first kappa shape index (κ1) is 15.0. The van der Waals surface area contributed by atoms with Crippen LogP contribution in [0.3, 0.4) is 0 Å². The molecule has 2 amide bonds. The summed E-state index contributed by atoms with van der Waals surface area (Å²) in [5, 5.41) is 6.70. The van der Waals surface area contributed by atoms with Crippen LogP contribution in [0.5, 0.6) is 0 Å². The average Bonchev–Trinajstić information content (AvgIpc) is 2.42. The van der Waals surface area contributed by atoms with E-state index >= 15 is 0 Å². The van der Waals surface area contributed by atoms with E-state index in [9.17, 15) is 4.79 Å². The standard InChI is InChI=1S/C14H11Cl3N2O/c1-8-2-7-11(16)13(12(8)17)19-14(20)18-10-5-3-9(15)4-6-10/h2-7H,1H3,(H2,18,19,20). The van der Waals surface area contributed by atoms with Crippen LogP contribution in [0.25, 0.3) is 0 Å². The van der Waals surface area contributed by atoms with E-state index in [1.54, 1.807) is 36.4 Å². The SMILES string of the molecule is Cc1ccc(Cl)c(NC(=O)Nc2ccc(Cl)cc2)c1Cl.